The summed E-state index contributed by atoms with van der Waals surface area (Å²) in [7, 11) is -4.79. The molecule has 0 spiro atoms. The maximum absolute atomic E-state index is 12.4. The van der Waals surface area contributed by atoms with Gasteiger partial charge in [-0.2, -0.15) is 0 Å². The average Bonchev–Trinajstić information content (AvgIpc) is 3.06. The molecular weight excluding hydrogens is 643 g/mol. The quantitative estimate of drug-likeness (QED) is 0.0220. The lowest BCUT2D eigenvalue weighted by Crippen LogP contribution is -2.29. The van der Waals surface area contributed by atoms with Crippen LogP contribution in [-0.4, -0.2) is 46.8 Å². The first-order valence-corrected chi connectivity index (χ1v) is 20.4. The third kappa shape index (κ3) is 36.8. The van der Waals surface area contributed by atoms with E-state index in [1.807, 2.05) is 6.08 Å². The Balaban J connectivity index is 4.10. The zero-order valence-corrected chi connectivity index (χ0v) is 31.5. The summed E-state index contributed by atoms with van der Waals surface area (Å²) in [6.07, 6.45) is 36.5. The van der Waals surface area contributed by atoms with E-state index in [1.54, 1.807) is 12.2 Å². The monoisotopic (exact) mass is 710 g/mol. The molecule has 0 amide bonds. The molecule has 0 aliphatic carbocycles. The molecular formula is C39H67O9P. The van der Waals surface area contributed by atoms with E-state index in [9.17, 15) is 18.9 Å². The molecule has 282 valence electrons. The van der Waals surface area contributed by atoms with Crippen LogP contribution in [0.3, 0.4) is 0 Å². The molecule has 9 nitrogen and oxygen atoms in total. The predicted octanol–water partition coefficient (Wildman–Crippen LogP) is 10.4. The Bertz CT molecular complexity index is 996. The van der Waals surface area contributed by atoms with Crippen molar-refractivity contribution >= 4 is 25.5 Å². The van der Waals surface area contributed by atoms with Crippen LogP contribution < -0.4 is 0 Å². The van der Waals surface area contributed by atoms with Gasteiger partial charge >= 0.3 is 19.8 Å². The summed E-state index contributed by atoms with van der Waals surface area (Å²) < 4.78 is 26.2. The molecule has 0 aromatic rings. The zero-order valence-electron chi connectivity index (χ0n) is 30.6. The first-order chi connectivity index (χ1) is 23.7. The van der Waals surface area contributed by atoms with Crippen LogP contribution >= 0.6 is 7.82 Å². The van der Waals surface area contributed by atoms with Crippen molar-refractivity contribution in [2.24, 2.45) is 0 Å². The third-order valence-electron chi connectivity index (χ3n) is 7.82. The van der Waals surface area contributed by atoms with Gasteiger partial charge < -0.3 is 19.3 Å². The van der Waals surface area contributed by atoms with Crippen molar-refractivity contribution in [1.82, 2.24) is 0 Å². The van der Waals surface area contributed by atoms with Crippen LogP contribution in [0.2, 0.25) is 0 Å². The first-order valence-electron chi connectivity index (χ1n) is 18.9. The summed E-state index contributed by atoms with van der Waals surface area (Å²) in [5.41, 5.74) is 0. The molecule has 10 heteroatoms. The lowest BCUT2D eigenvalue weighted by molar-refractivity contribution is -0.161. The highest BCUT2D eigenvalue weighted by Gasteiger charge is 2.22. The Morgan fingerprint density at radius 2 is 1.02 bits per heavy atom. The fourth-order valence-corrected chi connectivity index (χ4v) is 5.29. The lowest BCUT2D eigenvalue weighted by Gasteiger charge is -2.18. The van der Waals surface area contributed by atoms with Crippen LogP contribution in [0.15, 0.2) is 48.6 Å². The van der Waals surface area contributed by atoms with Crippen molar-refractivity contribution in [3.05, 3.63) is 48.6 Å². The maximum Gasteiger partial charge on any atom is 0.469 e. The van der Waals surface area contributed by atoms with Crippen LogP contribution in [0, 0.1) is 0 Å². The number of ketones is 1. The molecule has 0 saturated heterocycles. The van der Waals surface area contributed by atoms with Crippen molar-refractivity contribution in [1.29, 1.82) is 0 Å². The number of carbonyl (C=O) groups excluding carboxylic acids is 3. The molecule has 0 radical (unpaired) electrons. The second kappa shape index (κ2) is 34.1. The number of rotatable bonds is 34. The standard InChI is InChI=1S/C39H67O9P/c1-3-5-7-9-11-12-13-14-15-16-17-18-20-24-28-32-38(41)46-34-37(35-47-49(43,44)45)48-39(42)33-29-25-21-23-27-31-36(40)30-26-22-19-10-8-6-4-2/h12-15,19,22,26,30,37H,3-11,16-18,20-21,23-25,27-29,31-35H2,1-2H3,(H2,43,44,45)/b13-12-,15-14-,22-19-,30-26+/t37-/m1/s1. The first kappa shape index (κ1) is 46.7. The van der Waals surface area contributed by atoms with E-state index in [-0.39, 0.29) is 25.2 Å². The van der Waals surface area contributed by atoms with Gasteiger partial charge in [0.2, 0.25) is 0 Å². The van der Waals surface area contributed by atoms with Gasteiger partial charge in [-0.25, -0.2) is 4.57 Å². The number of phosphoric ester groups is 1. The minimum absolute atomic E-state index is 0.108. The molecule has 0 bridgehead atoms. The van der Waals surface area contributed by atoms with Crippen LogP contribution in [0.5, 0.6) is 0 Å². The van der Waals surface area contributed by atoms with Gasteiger partial charge in [-0.05, 0) is 63.9 Å². The van der Waals surface area contributed by atoms with E-state index in [4.69, 9.17) is 19.3 Å². The van der Waals surface area contributed by atoms with Gasteiger partial charge in [0, 0.05) is 19.3 Å². The fraction of sp³-hybridized carbons (Fsp3) is 0.718. The molecule has 0 rings (SSSR count). The van der Waals surface area contributed by atoms with Gasteiger partial charge in [-0.15, -0.1) is 0 Å². The number of carbonyl (C=O) groups is 3. The molecule has 0 aliphatic heterocycles. The van der Waals surface area contributed by atoms with E-state index in [0.717, 1.165) is 70.6 Å². The highest BCUT2D eigenvalue weighted by molar-refractivity contribution is 7.46. The number of allylic oxidation sites excluding steroid dienone is 8. The van der Waals surface area contributed by atoms with Gasteiger partial charge in [0.15, 0.2) is 11.9 Å². The largest absolute Gasteiger partial charge is 0.469 e. The summed E-state index contributed by atoms with van der Waals surface area (Å²) in [5, 5.41) is 0. The van der Waals surface area contributed by atoms with Crippen LogP contribution in [0.4, 0.5) is 0 Å². The SMILES string of the molecule is CCCCC/C=C\C=C\C(=O)CCCCCCCC(=O)O[C@H](COC(=O)CCCCCCC/C=C\C=C/CCCCCC)COP(=O)(O)O. The van der Waals surface area contributed by atoms with Gasteiger partial charge in [0.25, 0.3) is 0 Å². The summed E-state index contributed by atoms with van der Waals surface area (Å²) in [6, 6.07) is 0. The Kier molecular flexibility index (Phi) is 32.5. The molecule has 0 unspecified atom stereocenters. The van der Waals surface area contributed by atoms with E-state index in [0.29, 0.717) is 19.3 Å². The Hall–Kier alpha value is -2.32. The average molecular weight is 711 g/mol. The number of esters is 2. The van der Waals surface area contributed by atoms with E-state index in [1.165, 1.54) is 44.9 Å². The number of hydrogen-bond acceptors (Lipinski definition) is 7. The van der Waals surface area contributed by atoms with Gasteiger partial charge in [0.1, 0.15) is 6.61 Å². The second-order valence-corrected chi connectivity index (χ2v) is 13.8. The van der Waals surface area contributed by atoms with E-state index in [2.05, 4.69) is 48.8 Å². The lowest BCUT2D eigenvalue weighted by atomic mass is 10.1. The maximum atomic E-state index is 12.4. The summed E-state index contributed by atoms with van der Waals surface area (Å²) >= 11 is 0. The molecule has 0 fully saturated rings. The van der Waals surface area contributed by atoms with Crippen molar-refractivity contribution in [3.63, 3.8) is 0 Å². The Morgan fingerprint density at radius 1 is 0.571 bits per heavy atom. The van der Waals surface area contributed by atoms with Gasteiger partial charge in [0.05, 0.1) is 6.61 Å². The van der Waals surface area contributed by atoms with Crippen LogP contribution in [0.1, 0.15) is 162 Å². The molecule has 0 heterocycles. The predicted molar refractivity (Wildman–Crippen MR) is 198 cm³/mol. The van der Waals surface area contributed by atoms with Gasteiger partial charge in [-0.3, -0.25) is 18.9 Å². The summed E-state index contributed by atoms with van der Waals surface area (Å²) in [5.74, 6) is -0.891. The highest BCUT2D eigenvalue weighted by atomic mass is 31.2. The van der Waals surface area contributed by atoms with E-state index >= 15 is 0 Å². The van der Waals surface area contributed by atoms with Crippen LogP contribution in [-0.2, 0) is 32.9 Å². The molecule has 1 atom stereocenters. The molecule has 0 aromatic carbocycles. The minimum atomic E-state index is -4.79. The molecule has 0 saturated carbocycles. The molecule has 0 aromatic heterocycles. The number of phosphoric acid groups is 1. The van der Waals surface area contributed by atoms with Crippen LogP contribution in [0.25, 0.3) is 0 Å². The normalized spacial score (nSPS) is 12.9. The molecule has 49 heavy (non-hydrogen) atoms. The van der Waals surface area contributed by atoms with Gasteiger partial charge in [-0.1, -0.05) is 127 Å². The zero-order chi connectivity index (χ0) is 36.3. The van der Waals surface area contributed by atoms with Crippen molar-refractivity contribution in [3.8, 4) is 0 Å². The number of unbranched alkanes of at least 4 members (excludes halogenated alkanes) is 16. The highest BCUT2D eigenvalue weighted by Crippen LogP contribution is 2.36. The summed E-state index contributed by atoms with van der Waals surface area (Å²) in [6.45, 7) is 3.48. The van der Waals surface area contributed by atoms with Crippen molar-refractivity contribution in [2.75, 3.05) is 13.2 Å². The topological polar surface area (TPSA) is 136 Å². The van der Waals surface area contributed by atoms with E-state index < -0.39 is 32.5 Å². The molecule has 0 aliphatic rings. The smallest absolute Gasteiger partial charge is 0.462 e. The number of hydrogen-bond donors (Lipinski definition) is 2. The fourth-order valence-electron chi connectivity index (χ4n) is 4.93. The third-order valence-corrected chi connectivity index (χ3v) is 8.31. The summed E-state index contributed by atoms with van der Waals surface area (Å²) in [4.78, 5) is 54.6. The Labute approximate surface area is 297 Å². The number of ether oxygens (including phenoxy) is 2. The van der Waals surface area contributed by atoms with Crippen molar-refractivity contribution < 1.29 is 42.7 Å². The minimum Gasteiger partial charge on any atom is -0.462 e. The molecule has 2 N–H and O–H groups in total. The Morgan fingerprint density at radius 3 is 1.59 bits per heavy atom. The van der Waals surface area contributed by atoms with Crippen molar-refractivity contribution in [2.45, 2.75) is 168 Å². The second-order valence-electron chi connectivity index (χ2n) is 12.6.